The average Bonchev–Trinajstić information content (AvgIpc) is 3.02. The fourth-order valence-corrected chi connectivity index (χ4v) is 2.55. The molecule has 1 aromatic heterocycles. The van der Waals surface area contributed by atoms with E-state index in [1.165, 1.54) is 12.8 Å². The van der Waals surface area contributed by atoms with Gasteiger partial charge in [0, 0.05) is 30.5 Å². The van der Waals surface area contributed by atoms with Crippen LogP contribution in [-0.2, 0) is 0 Å². The first kappa shape index (κ1) is 13.4. The van der Waals surface area contributed by atoms with Crippen molar-refractivity contribution in [1.82, 2.24) is 4.98 Å². The van der Waals surface area contributed by atoms with Gasteiger partial charge in [0.2, 0.25) is 0 Å². The summed E-state index contributed by atoms with van der Waals surface area (Å²) >= 11 is 0. The molecule has 108 valence electrons. The largest absolute Gasteiger partial charge is 0.399 e. The van der Waals surface area contributed by atoms with Crippen molar-refractivity contribution >= 4 is 23.1 Å². The van der Waals surface area contributed by atoms with Crippen molar-refractivity contribution in [2.45, 2.75) is 12.8 Å². The molecule has 3 N–H and O–H groups in total. The molecule has 0 bridgehead atoms. The predicted molar refractivity (Wildman–Crippen MR) is 84.5 cm³/mol. The average molecular weight is 282 g/mol. The summed E-state index contributed by atoms with van der Waals surface area (Å²) in [6, 6.07) is 10.7. The van der Waals surface area contributed by atoms with Crippen LogP contribution in [0.25, 0.3) is 0 Å². The summed E-state index contributed by atoms with van der Waals surface area (Å²) in [6.07, 6.45) is 4.09. The molecule has 1 aliphatic rings. The summed E-state index contributed by atoms with van der Waals surface area (Å²) in [7, 11) is 0. The van der Waals surface area contributed by atoms with E-state index in [0.717, 1.165) is 24.6 Å². The molecule has 0 radical (unpaired) electrons. The van der Waals surface area contributed by atoms with Gasteiger partial charge in [0.1, 0.15) is 0 Å². The highest BCUT2D eigenvalue weighted by atomic mass is 16.1. The molecular formula is C16H18N4O. The van der Waals surface area contributed by atoms with E-state index >= 15 is 0 Å². The molecule has 0 unspecified atom stereocenters. The Morgan fingerprint density at radius 3 is 2.76 bits per heavy atom. The Bertz CT molecular complexity index is 650. The Morgan fingerprint density at radius 2 is 2.00 bits per heavy atom. The number of nitrogens with two attached hydrogens (primary N) is 1. The van der Waals surface area contributed by atoms with Crippen molar-refractivity contribution in [2.24, 2.45) is 0 Å². The molecule has 1 amide bonds. The second-order valence-corrected chi connectivity index (χ2v) is 5.15. The molecule has 5 heteroatoms. The van der Waals surface area contributed by atoms with Gasteiger partial charge in [0.05, 0.1) is 5.69 Å². The minimum Gasteiger partial charge on any atom is -0.399 e. The van der Waals surface area contributed by atoms with Gasteiger partial charge in [-0.2, -0.15) is 0 Å². The zero-order valence-corrected chi connectivity index (χ0v) is 11.7. The number of nitrogens with one attached hydrogen (secondary N) is 1. The number of rotatable bonds is 3. The Kier molecular flexibility index (Phi) is 3.73. The van der Waals surface area contributed by atoms with Gasteiger partial charge in [-0.15, -0.1) is 0 Å². The fraction of sp³-hybridized carbons (Fsp3) is 0.250. The zero-order chi connectivity index (χ0) is 14.7. The maximum atomic E-state index is 12.3. The molecule has 1 aromatic carbocycles. The molecule has 0 aliphatic carbocycles. The number of hydrogen-bond donors (Lipinski definition) is 2. The monoisotopic (exact) mass is 282 g/mol. The molecule has 0 saturated carbocycles. The molecule has 0 spiro atoms. The normalized spacial score (nSPS) is 14.2. The first-order valence-electron chi connectivity index (χ1n) is 7.11. The number of benzene rings is 1. The molecule has 0 atom stereocenters. The van der Waals surface area contributed by atoms with E-state index in [1.54, 1.807) is 30.5 Å². The van der Waals surface area contributed by atoms with Crippen LogP contribution in [-0.4, -0.2) is 24.0 Å². The van der Waals surface area contributed by atoms with Crippen LogP contribution in [0.5, 0.6) is 0 Å². The third-order valence-corrected chi connectivity index (χ3v) is 3.59. The Hall–Kier alpha value is -2.56. The first-order valence-corrected chi connectivity index (χ1v) is 7.11. The summed E-state index contributed by atoms with van der Waals surface area (Å²) in [5.41, 5.74) is 7.59. The number of aromatic nitrogens is 1. The number of pyridine rings is 1. The van der Waals surface area contributed by atoms with Gasteiger partial charge in [-0.3, -0.25) is 4.79 Å². The number of carbonyl (C=O) groups excluding carboxylic acids is 1. The third kappa shape index (κ3) is 2.97. The van der Waals surface area contributed by atoms with Crippen molar-refractivity contribution in [3.05, 3.63) is 48.2 Å². The predicted octanol–water partition coefficient (Wildman–Crippen LogP) is 2.52. The van der Waals surface area contributed by atoms with Gasteiger partial charge in [-0.25, -0.2) is 4.98 Å². The lowest BCUT2D eigenvalue weighted by Gasteiger charge is -2.20. The molecule has 1 aliphatic heterocycles. The molecule has 21 heavy (non-hydrogen) atoms. The van der Waals surface area contributed by atoms with E-state index < -0.39 is 0 Å². The van der Waals surface area contributed by atoms with Crippen LogP contribution in [0.3, 0.4) is 0 Å². The number of nitrogens with zero attached hydrogens (tertiary/aromatic N) is 2. The molecular weight excluding hydrogens is 264 g/mol. The summed E-state index contributed by atoms with van der Waals surface area (Å²) < 4.78 is 0. The SMILES string of the molecule is Nc1cccc(C(=O)Nc2cccnc2N2CCCC2)c1. The van der Waals surface area contributed by atoms with Crippen LogP contribution in [0.1, 0.15) is 23.2 Å². The van der Waals surface area contributed by atoms with Crippen LogP contribution in [0.2, 0.25) is 0 Å². The number of carbonyl (C=O) groups is 1. The van der Waals surface area contributed by atoms with Crippen LogP contribution in [0.15, 0.2) is 42.6 Å². The van der Waals surface area contributed by atoms with Crippen LogP contribution >= 0.6 is 0 Å². The van der Waals surface area contributed by atoms with E-state index in [-0.39, 0.29) is 5.91 Å². The Labute approximate surface area is 123 Å². The standard InChI is InChI=1S/C16H18N4O/c17-13-6-3-5-12(11-13)16(21)19-14-7-4-8-18-15(14)20-9-1-2-10-20/h3-8,11H,1-2,9-10,17H2,(H,19,21). The van der Waals surface area contributed by atoms with E-state index in [4.69, 9.17) is 5.73 Å². The van der Waals surface area contributed by atoms with Gasteiger partial charge in [0.25, 0.3) is 5.91 Å². The molecule has 5 nitrogen and oxygen atoms in total. The van der Waals surface area contributed by atoms with E-state index in [0.29, 0.717) is 11.3 Å². The number of hydrogen-bond acceptors (Lipinski definition) is 4. The van der Waals surface area contributed by atoms with Gasteiger partial charge in [0.15, 0.2) is 5.82 Å². The topological polar surface area (TPSA) is 71.2 Å². The highest BCUT2D eigenvalue weighted by molar-refractivity contribution is 6.06. The van der Waals surface area contributed by atoms with E-state index in [2.05, 4.69) is 15.2 Å². The minimum atomic E-state index is -0.171. The summed E-state index contributed by atoms with van der Waals surface area (Å²) in [5.74, 6) is 0.669. The highest BCUT2D eigenvalue weighted by Gasteiger charge is 2.18. The third-order valence-electron chi connectivity index (χ3n) is 3.59. The molecule has 3 rings (SSSR count). The molecule has 2 aromatic rings. The maximum Gasteiger partial charge on any atom is 0.255 e. The van der Waals surface area contributed by atoms with Gasteiger partial charge in [-0.1, -0.05) is 6.07 Å². The van der Waals surface area contributed by atoms with Gasteiger partial charge >= 0.3 is 0 Å². The lowest BCUT2D eigenvalue weighted by atomic mass is 10.2. The second-order valence-electron chi connectivity index (χ2n) is 5.15. The van der Waals surface area contributed by atoms with Crippen molar-refractivity contribution in [2.75, 3.05) is 29.0 Å². The van der Waals surface area contributed by atoms with Gasteiger partial charge in [-0.05, 0) is 43.2 Å². The summed E-state index contributed by atoms with van der Waals surface area (Å²) in [4.78, 5) is 18.9. The number of nitrogen functional groups attached to an aromatic ring is 1. The Balaban J connectivity index is 1.83. The fourth-order valence-electron chi connectivity index (χ4n) is 2.55. The van der Waals surface area contributed by atoms with Crippen LogP contribution in [0, 0.1) is 0 Å². The maximum absolute atomic E-state index is 12.3. The van der Waals surface area contributed by atoms with E-state index in [1.807, 2.05) is 12.1 Å². The highest BCUT2D eigenvalue weighted by Crippen LogP contribution is 2.26. The molecule has 1 fully saturated rings. The molecule has 2 heterocycles. The first-order chi connectivity index (χ1) is 10.2. The summed E-state index contributed by atoms with van der Waals surface area (Å²) in [6.45, 7) is 1.97. The number of amides is 1. The van der Waals surface area contributed by atoms with Crippen LogP contribution in [0.4, 0.5) is 17.2 Å². The number of anilines is 3. The van der Waals surface area contributed by atoms with Crippen molar-refractivity contribution in [3.63, 3.8) is 0 Å². The zero-order valence-electron chi connectivity index (χ0n) is 11.7. The smallest absolute Gasteiger partial charge is 0.255 e. The quantitative estimate of drug-likeness (QED) is 0.849. The lowest BCUT2D eigenvalue weighted by Crippen LogP contribution is -2.22. The van der Waals surface area contributed by atoms with Gasteiger partial charge < -0.3 is 16.0 Å². The van der Waals surface area contributed by atoms with Crippen molar-refractivity contribution < 1.29 is 4.79 Å². The second kappa shape index (κ2) is 5.83. The Morgan fingerprint density at radius 1 is 1.19 bits per heavy atom. The van der Waals surface area contributed by atoms with Crippen LogP contribution < -0.4 is 16.0 Å². The summed E-state index contributed by atoms with van der Waals surface area (Å²) in [5, 5.41) is 2.93. The minimum absolute atomic E-state index is 0.171. The van der Waals surface area contributed by atoms with E-state index in [9.17, 15) is 4.79 Å². The van der Waals surface area contributed by atoms with Crippen molar-refractivity contribution in [1.29, 1.82) is 0 Å². The molecule has 1 saturated heterocycles. The van der Waals surface area contributed by atoms with Crippen molar-refractivity contribution in [3.8, 4) is 0 Å². The lowest BCUT2D eigenvalue weighted by molar-refractivity contribution is 0.102.